The Bertz CT molecular complexity index is 1240. The van der Waals surface area contributed by atoms with Crippen LogP contribution in [0.3, 0.4) is 0 Å². The molecule has 1 aromatic heterocycles. The van der Waals surface area contributed by atoms with Gasteiger partial charge >= 0.3 is 11.9 Å². The van der Waals surface area contributed by atoms with E-state index in [-0.39, 0.29) is 18.6 Å². The average Bonchev–Trinajstić information content (AvgIpc) is 3.52. The molecule has 7 rings (SSSR count). The number of Topliss-reactive ketones (excluding diaryl/α,β-unsaturated/α-hetero) is 1. The third kappa shape index (κ3) is 2.08. The molecule has 1 spiro atoms. The van der Waals surface area contributed by atoms with E-state index < -0.39 is 81.1 Å². The lowest BCUT2D eigenvalue weighted by molar-refractivity contribution is -0.295. The van der Waals surface area contributed by atoms with Gasteiger partial charge in [0.05, 0.1) is 37.6 Å². The summed E-state index contributed by atoms with van der Waals surface area (Å²) in [6.45, 7) is 5.34. The molecule has 1 aromatic rings. The fraction of sp³-hybridized carbons (Fsp3) is 0.741. The van der Waals surface area contributed by atoms with Crippen LogP contribution in [-0.2, 0) is 28.6 Å². The van der Waals surface area contributed by atoms with Crippen molar-refractivity contribution < 1.29 is 48.3 Å². The predicted octanol–water partition coefficient (Wildman–Crippen LogP) is 1.06. The second kappa shape index (κ2) is 6.47. The number of hydrogen-bond acceptors (Lipinski definition) is 10. The SMILES string of the molecule is COC(=O)[C@@H](O)[C@@H]1[C@@]2(C)[C@@H]3CC[C@@]4(C)[C@H](c5ccoc5)OC(=O)C[C@]45O[C@@H]4C(=O)[C@@]1(C)C[C@@]2(O)[C@@H]4[C@]35O. The van der Waals surface area contributed by atoms with Gasteiger partial charge in [-0.15, -0.1) is 0 Å². The maximum Gasteiger partial charge on any atom is 0.335 e. The van der Waals surface area contributed by atoms with Gasteiger partial charge in [0.25, 0.3) is 0 Å². The normalized spacial score (nSPS) is 55.6. The molecular weight excluding hydrogens is 484 g/mol. The molecule has 3 N–H and O–H groups in total. The average molecular weight is 517 g/mol. The molecule has 6 fully saturated rings. The summed E-state index contributed by atoms with van der Waals surface area (Å²) in [6.07, 6.45) is -0.164. The molecule has 6 aliphatic rings. The van der Waals surface area contributed by atoms with Gasteiger partial charge in [0, 0.05) is 27.7 Å². The molecule has 2 saturated heterocycles. The Morgan fingerprint density at radius 3 is 2.59 bits per heavy atom. The van der Waals surface area contributed by atoms with Crippen LogP contribution in [-0.4, -0.2) is 69.2 Å². The minimum atomic E-state index is -1.79. The fourth-order valence-corrected chi connectivity index (χ4v) is 10.7. The van der Waals surface area contributed by atoms with Gasteiger partial charge in [0.1, 0.15) is 23.4 Å². The molecule has 0 unspecified atom stereocenters. The first kappa shape index (κ1) is 23.8. The molecule has 10 nitrogen and oxygen atoms in total. The standard InChI is InChI=1S/C27H32O10/c1-22-11-25(32)18-16(19(22)30)37-26-9-14(28)36-20(12-6-8-35-10-12)23(26,2)7-5-13(27(18,26)33)24(25,3)17(22)15(29)21(31)34-4/h6,8,10,13,15-18,20,29,32-33H,5,7,9,11H2,1-4H3/t13-,15-,16-,17-,18+,20-,22-,23-,24+,25+,26-,27+/m0/s1. The molecule has 2 aliphatic heterocycles. The summed E-state index contributed by atoms with van der Waals surface area (Å²) in [6, 6.07) is 1.71. The lowest BCUT2D eigenvalue weighted by Crippen LogP contribution is -2.72. The van der Waals surface area contributed by atoms with E-state index in [2.05, 4.69) is 0 Å². The van der Waals surface area contributed by atoms with E-state index >= 15 is 0 Å². The van der Waals surface area contributed by atoms with Crippen molar-refractivity contribution in [1.82, 2.24) is 0 Å². The highest BCUT2D eigenvalue weighted by molar-refractivity contribution is 5.94. The highest BCUT2D eigenvalue weighted by atomic mass is 16.6. The Morgan fingerprint density at radius 2 is 1.95 bits per heavy atom. The Labute approximate surface area is 213 Å². The van der Waals surface area contributed by atoms with Crippen molar-refractivity contribution in [3.63, 3.8) is 0 Å². The molecule has 4 aliphatic carbocycles. The molecule has 0 radical (unpaired) electrons. The third-order valence-corrected chi connectivity index (χ3v) is 11.9. The zero-order valence-electron chi connectivity index (χ0n) is 21.2. The van der Waals surface area contributed by atoms with E-state index in [0.29, 0.717) is 18.4 Å². The number of furan rings is 1. The zero-order chi connectivity index (χ0) is 26.6. The molecule has 0 amide bonds. The first-order valence-electron chi connectivity index (χ1n) is 12.9. The van der Waals surface area contributed by atoms with E-state index in [1.165, 1.54) is 12.5 Å². The van der Waals surface area contributed by atoms with Crippen LogP contribution in [0.5, 0.6) is 0 Å². The number of methoxy groups -OCH3 is 1. The summed E-state index contributed by atoms with van der Waals surface area (Å²) in [5, 5.41) is 36.8. The molecule has 2 bridgehead atoms. The summed E-state index contributed by atoms with van der Waals surface area (Å²) in [5.74, 6) is -4.55. The summed E-state index contributed by atoms with van der Waals surface area (Å²) in [7, 11) is 1.16. The van der Waals surface area contributed by atoms with Gasteiger partial charge in [-0.2, -0.15) is 0 Å². The first-order valence-corrected chi connectivity index (χ1v) is 12.9. The second-order valence-corrected chi connectivity index (χ2v) is 12.9. The third-order valence-electron chi connectivity index (χ3n) is 11.9. The van der Waals surface area contributed by atoms with E-state index in [0.717, 1.165) is 7.11 Å². The van der Waals surface area contributed by atoms with Crippen molar-refractivity contribution in [2.75, 3.05) is 7.11 Å². The number of aliphatic hydroxyl groups excluding tert-OH is 1. The van der Waals surface area contributed by atoms with Crippen molar-refractivity contribution in [1.29, 1.82) is 0 Å². The summed E-state index contributed by atoms with van der Waals surface area (Å²) in [5.41, 5.74) is -7.81. The van der Waals surface area contributed by atoms with E-state index in [1.54, 1.807) is 19.9 Å². The van der Waals surface area contributed by atoms with Gasteiger partial charge in [0.15, 0.2) is 11.9 Å². The van der Waals surface area contributed by atoms with Crippen LogP contribution in [0.25, 0.3) is 0 Å². The zero-order valence-corrected chi connectivity index (χ0v) is 21.2. The lowest BCUT2D eigenvalue weighted by Gasteiger charge is -2.63. The number of ether oxygens (including phenoxy) is 3. The summed E-state index contributed by atoms with van der Waals surface area (Å²) >= 11 is 0. The molecule has 200 valence electrons. The molecule has 0 aromatic carbocycles. The quantitative estimate of drug-likeness (QED) is 0.497. The van der Waals surface area contributed by atoms with Crippen molar-refractivity contribution in [3.05, 3.63) is 24.2 Å². The molecule has 37 heavy (non-hydrogen) atoms. The Kier molecular flexibility index (Phi) is 4.17. The minimum Gasteiger partial charge on any atom is -0.472 e. The minimum absolute atomic E-state index is 0.0280. The molecular formula is C27H32O10. The number of carbonyl (C=O) groups excluding carboxylic acids is 3. The second-order valence-electron chi connectivity index (χ2n) is 12.9. The predicted molar refractivity (Wildman–Crippen MR) is 121 cm³/mol. The van der Waals surface area contributed by atoms with Gasteiger partial charge in [-0.05, 0) is 31.2 Å². The van der Waals surface area contributed by atoms with Crippen molar-refractivity contribution in [3.8, 4) is 0 Å². The number of fused-ring (bicyclic) bond motifs is 2. The highest BCUT2D eigenvalue weighted by Gasteiger charge is 2.95. The molecule has 12 atom stereocenters. The maximum atomic E-state index is 14.2. The van der Waals surface area contributed by atoms with E-state index in [9.17, 15) is 29.7 Å². The number of esters is 2. The topological polar surface area (TPSA) is 153 Å². The van der Waals surface area contributed by atoms with Crippen molar-refractivity contribution in [2.45, 2.75) is 81.6 Å². The Morgan fingerprint density at radius 1 is 1.22 bits per heavy atom. The van der Waals surface area contributed by atoms with Crippen LogP contribution >= 0.6 is 0 Å². The number of aliphatic hydroxyl groups is 3. The molecule has 3 heterocycles. The van der Waals surface area contributed by atoms with Crippen LogP contribution in [0, 0.1) is 34.0 Å². The van der Waals surface area contributed by atoms with Crippen LogP contribution in [0.4, 0.5) is 0 Å². The van der Waals surface area contributed by atoms with Crippen LogP contribution in [0.15, 0.2) is 23.0 Å². The fourth-order valence-electron chi connectivity index (χ4n) is 10.7. The molecule has 10 heteroatoms. The van der Waals surface area contributed by atoms with Crippen LogP contribution in [0.2, 0.25) is 0 Å². The highest BCUT2D eigenvalue weighted by Crippen LogP contribution is 2.85. The Balaban J connectivity index is 1.49. The van der Waals surface area contributed by atoms with E-state index in [4.69, 9.17) is 18.6 Å². The van der Waals surface area contributed by atoms with Gasteiger partial charge < -0.3 is 33.9 Å². The van der Waals surface area contributed by atoms with E-state index in [1.807, 2.05) is 6.92 Å². The number of carbonyl (C=O) groups is 3. The van der Waals surface area contributed by atoms with Gasteiger partial charge in [-0.25, -0.2) is 4.79 Å². The van der Waals surface area contributed by atoms with Gasteiger partial charge in [-0.1, -0.05) is 20.8 Å². The number of ketones is 1. The largest absolute Gasteiger partial charge is 0.472 e. The van der Waals surface area contributed by atoms with Crippen LogP contribution in [0.1, 0.15) is 58.1 Å². The number of rotatable bonds is 3. The molecule has 4 saturated carbocycles. The summed E-state index contributed by atoms with van der Waals surface area (Å²) in [4.78, 5) is 40.1. The lowest BCUT2D eigenvalue weighted by atomic mass is 9.45. The van der Waals surface area contributed by atoms with Crippen LogP contribution < -0.4 is 0 Å². The number of cyclic esters (lactones) is 1. The van der Waals surface area contributed by atoms with Gasteiger partial charge in [0.2, 0.25) is 0 Å². The van der Waals surface area contributed by atoms with Gasteiger partial charge in [-0.3, -0.25) is 9.59 Å². The monoisotopic (exact) mass is 516 g/mol. The first-order chi connectivity index (χ1) is 17.3. The Hall–Kier alpha value is -2.27. The maximum absolute atomic E-state index is 14.2. The van der Waals surface area contributed by atoms with Crippen molar-refractivity contribution in [2.24, 2.45) is 34.0 Å². The summed E-state index contributed by atoms with van der Waals surface area (Å²) < 4.78 is 22.7. The number of hydrogen-bond donors (Lipinski definition) is 3. The smallest absolute Gasteiger partial charge is 0.335 e. The van der Waals surface area contributed by atoms with Crippen molar-refractivity contribution >= 4 is 17.7 Å².